The summed E-state index contributed by atoms with van der Waals surface area (Å²) >= 11 is 0. The average molecular weight is 283 g/mol. The summed E-state index contributed by atoms with van der Waals surface area (Å²) in [7, 11) is 1.60. The topological polar surface area (TPSA) is 38.3 Å². The third kappa shape index (κ3) is 3.43. The molecule has 0 atom stereocenters. The smallest absolute Gasteiger partial charge is 0.255 e. The van der Waals surface area contributed by atoms with Gasteiger partial charge in [0.25, 0.3) is 5.91 Å². The summed E-state index contributed by atoms with van der Waals surface area (Å²) in [4.78, 5) is 12.5. The molecular formula is C18H21NO2. The number of para-hydroxylation sites is 1. The summed E-state index contributed by atoms with van der Waals surface area (Å²) < 4.78 is 5.17. The van der Waals surface area contributed by atoms with Crippen LogP contribution in [0, 0.1) is 0 Å². The van der Waals surface area contributed by atoms with Gasteiger partial charge in [-0.3, -0.25) is 4.79 Å². The molecule has 0 spiro atoms. The molecule has 0 bridgehead atoms. The van der Waals surface area contributed by atoms with Gasteiger partial charge in [0.15, 0.2) is 0 Å². The van der Waals surface area contributed by atoms with Crippen LogP contribution < -0.4 is 10.1 Å². The minimum Gasteiger partial charge on any atom is -0.497 e. The van der Waals surface area contributed by atoms with Gasteiger partial charge in [-0.1, -0.05) is 38.1 Å². The minimum atomic E-state index is -0.107. The Bertz CT molecular complexity index is 613. The second-order valence-corrected chi connectivity index (χ2v) is 4.84. The van der Waals surface area contributed by atoms with Crippen LogP contribution in [0.4, 0.5) is 5.69 Å². The number of carbonyl (C=O) groups excluding carboxylic acids is 1. The van der Waals surface area contributed by atoms with Gasteiger partial charge in [0.2, 0.25) is 0 Å². The number of nitrogens with one attached hydrogen (secondary N) is 1. The van der Waals surface area contributed by atoms with Crippen LogP contribution in [-0.2, 0) is 12.8 Å². The average Bonchev–Trinajstić information content (AvgIpc) is 2.54. The zero-order valence-electron chi connectivity index (χ0n) is 12.8. The first-order chi connectivity index (χ1) is 10.2. The zero-order chi connectivity index (χ0) is 15.2. The molecular weight excluding hydrogens is 262 g/mol. The van der Waals surface area contributed by atoms with Crippen LogP contribution in [0.15, 0.2) is 42.5 Å². The van der Waals surface area contributed by atoms with Crippen molar-refractivity contribution in [3.05, 3.63) is 59.2 Å². The molecule has 1 amide bonds. The number of amides is 1. The van der Waals surface area contributed by atoms with E-state index in [-0.39, 0.29) is 5.91 Å². The molecule has 2 aromatic rings. The van der Waals surface area contributed by atoms with Crippen molar-refractivity contribution in [3.8, 4) is 5.75 Å². The third-order valence-corrected chi connectivity index (χ3v) is 3.57. The first-order valence-electron chi connectivity index (χ1n) is 7.25. The van der Waals surface area contributed by atoms with Crippen molar-refractivity contribution in [1.82, 2.24) is 0 Å². The molecule has 0 aromatic heterocycles. The zero-order valence-corrected chi connectivity index (χ0v) is 12.8. The lowest BCUT2D eigenvalue weighted by molar-refractivity contribution is 0.102. The Morgan fingerprint density at radius 3 is 2.24 bits per heavy atom. The molecule has 0 saturated heterocycles. The predicted octanol–water partition coefficient (Wildman–Crippen LogP) is 4.07. The van der Waals surface area contributed by atoms with E-state index in [1.165, 1.54) is 0 Å². The van der Waals surface area contributed by atoms with Gasteiger partial charge in [0.1, 0.15) is 5.75 Å². The van der Waals surface area contributed by atoms with Gasteiger partial charge < -0.3 is 10.1 Å². The van der Waals surface area contributed by atoms with E-state index >= 15 is 0 Å². The van der Waals surface area contributed by atoms with Crippen molar-refractivity contribution in [2.75, 3.05) is 12.4 Å². The van der Waals surface area contributed by atoms with E-state index in [4.69, 9.17) is 4.74 Å². The van der Waals surface area contributed by atoms with Gasteiger partial charge in [0, 0.05) is 11.3 Å². The lowest BCUT2D eigenvalue weighted by atomic mass is 10.0. The molecule has 3 heteroatoms. The first kappa shape index (κ1) is 15.1. The molecule has 0 aliphatic heterocycles. The van der Waals surface area contributed by atoms with E-state index in [2.05, 4.69) is 31.3 Å². The summed E-state index contributed by atoms with van der Waals surface area (Å²) in [6, 6.07) is 13.3. The molecule has 0 heterocycles. The Kier molecular flexibility index (Phi) is 4.99. The lowest BCUT2D eigenvalue weighted by Crippen LogP contribution is -2.15. The molecule has 0 aliphatic rings. The second-order valence-electron chi connectivity index (χ2n) is 4.84. The Morgan fingerprint density at radius 1 is 1.05 bits per heavy atom. The van der Waals surface area contributed by atoms with Crippen molar-refractivity contribution >= 4 is 11.6 Å². The van der Waals surface area contributed by atoms with Crippen molar-refractivity contribution in [1.29, 1.82) is 0 Å². The summed E-state index contributed by atoms with van der Waals surface area (Å²) in [6.07, 6.45) is 1.78. The fraction of sp³-hybridized carbons (Fsp3) is 0.278. The molecule has 3 nitrogen and oxygen atoms in total. The second kappa shape index (κ2) is 6.93. The molecule has 21 heavy (non-hydrogen) atoms. The van der Waals surface area contributed by atoms with Gasteiger partial charge in [-0.15, -0.1) is 0 Å². The maximum Gasteiger partial charge on any atom is 0.255 e. The van der Waals surface area contributed by atoms with E-state index in [0.29, 0.717) is 11.3 Å². The fourth-order valence-corrected chi connectivity index (χ4v) is 2.35. The molecule has 110 valence electrons. The molecule has 2 rings (SSSR count). The molecule has 0 unspecified atom stereocenters. The van der Waals surface area contributed by atoms with Crippen LogP contribution in [-0.4, -0.2) is 13.0 Å². The Hall–Kier alpha value is -2.29. The number of carbonyl (C=O) groups is 1. The molecule has 0 aliphatic carbocycles. The quantitative estimate of drug-likeness (QED) is 0.898. The van der Waals surface area contributed by atoms with Crippen LogP contribution in [0.3, 0.4) is 0 Å². The minimum absolute atomic E-state index is 0.107. The molecule has 2 aromatic carbocycles. The number of ether oxygens (including phenoxy) is 1. The van der Waals surface area contributed by atoms with Gasteiger partial charge >= 0.3 is 0 Å². The Morgan fingerprint density at radius 2 is 1.67 bits per heavy atom. The summed E-state index contributed by atoms with van der Waals surface area (Å²) in [5.74, 6) is 0.576. The maximum atomic E-state index is 12.5. The van der Waals surface area contributed by atoms with Gasteiger partial charge in [-0.05, 0) is 42.2 Å². The van der Waals surface area contributed by atoms with Gasteiger partial charge in [-0.25, -0.2) is 0 Å². The molecule has 0 fully saturated rings. The van der Waals surface area contributed by atoms with Crippen LogP contribution >= 0.6 is 0 Å². The van der Waals surface area contributed by atoms with Crippen LogP contribution in [0.2, 0.25) is 0 Å². The highest BCUT2D eigenvalue weighted by atomic mass is 16.5. The van der Waals surface area contributed by atoms with Crippen LogP contribution in [0.25, 0.3) is 0 Å². The fourth-order valence-electron chi connectivity index (χ4n) is 2.35. The summed E-state index contributed by atoms with van der Waals surface area (Å²) in [5.41, 5.74) is 3.86. The van der Waals surface area contributed by atoms with Crippen molar-refractivity contribution in [2.45, 2.75) is 26.7 Å². The number of anilines is 1. The number of hydrogen-bond donors (Lipinski definition) is 1. The maximum absolute atomic E-state index is 12.5. The van der Waals surface area contributed by atoms with Gasteiger partial charge in [-0.2, -0.15) is 0 Å². The van der Waals surface area contributed by atoms with E-state index < -0.39 is 0 Å². The van der Waals surface area contributed by atoms with E-state index in [9.17, 15) is 4.79 Å². The first-order valence-corrected chi connectivity index (χ1v) is 7.25. The van der Waals surface area contributed by atoms with E-state index in [0.717, 1.165) is 29.7 Å². The largest absolute Gasteiger partial charge is 0.497 e. The lowest BCUT2D eigenvalue weighted by Gasteiger charge is -2.14. The van der Waals surface area contributed by atoms with Crippen LogP contribution in [0.5, 0.6) is 5.75 Å². The number of benzene rings is 2. The Balaban J connectivity index is 2.30. The third-order valence-electron chi connectivity index (χ3n) is 3.57. The van der Waals surface area contributed by atoms with Gasteiger partial charge in [0.05, 0.1) is 7.11 Å². The monoisotopic (exact) mass is 283 g/mol. The van der Waals surface area contributed by atoms with Crippen molar-refractivity contribution in [3.63, 3.8) is 0 Å². The normalized spacial score (nSPS) is 10.2. The number of methoxy groups -OCH3 is 1. The van der Waals surface area contributed by atoms with E-state index in [1.54, 1.807) is 19.2 Å². The van der Waals surface area contributed by atoms with Crippen molar-refractivity contribution in [2.24, 2.45) is 0 Å². The molecule has 0 radical (unpaired) electrons. The van der Waals surface area contributed by atoms with E-state index in [1.807, 2.05) is 18.2 Å². The number of aryl methyl sites for hydroxylation is 2. The number of hydrogen-bond acceptors (Lipinski definition) is 2. The molecule has 0 saturated carbocycles. The number of rotatable bonds is 5. The Labute approximate surface area is 126 Å². The molecule has 1 N–H and O–H groups in total. The SMILES string of the molecule is CCc1cccc(CC)c1NC(=O)c1cccc(OC)c1. The van der Waals surface area contributed by atoms with Crippen molar-refractivity contribution < 1.29 is 9.53 Å². The summed E-state index contributed by atoms with van der Waals surface area (Å²) in [6.45, 7) is 4.19. The highest BCUT2D eigenvalue weighted by molar-refractivity contribution is 6.05. The summed E-state index contributed by atoms with van der Waals surface area (Å²) in [5, 5.41) is 3.05. The standard InChI is InChI=1S/C18H21NO2/c1-4-13-8-6-9-14(5-2)17(13)19-18(20)15-10-7-11-16(12-15)21-3/h6-12H,4-5H2,1-3H3,(H,19,20). The van der Waals surface area contributed by atoms with Crippen LogP contribution in [0.1, 0.15) is 35.3 Å². The predicted molar refractivity (Wildman–Crippen MR) is 86.1 cm³/mol. The highest BCUT2D eigenvalue weighted by Gasteiger charge is 2.12. The highest BCUT2D eigenvalue weighted by Crippen LogP contribution is 2.23.